The number of benzene rings is 1. The molecule has 0 saturated carbocycles. The van der Waals surface area contributed by atoms with Gasteiger partial charge in [0.15, 0.2) is 0 Å². The van der Waals surface area contributed by atoms with Crippen LogP contribution in [0.2, 0.25) is 0 Å². The molecule has 2 aromatic rings. The van der Waals surface area contributed by atoms with Gasteiger partial charge in [0, 0.05) is 19.5 Å². The van der Waals surface area contributed by atoms with Gasteiger partial charge in [-0.1, -0.05) is 30.8 Å². The number of aromatic nitrogens is 2. The molecule has 0 amide bonds. The van der Waals surface area contributed by atoms with Crippen LogP contribution in [0.3, 0.4) is 0 Å². The van der Waals surface area contributed by atoms with E-state index in [2.05, 4.69) is 15.3 Å². The monoisotopic (exact) mass is 275 g/mol. The lowest BCUT2D eigenvalue weighted by atomic mass is 10.3. The summed E-state index contributed by atoms with van der Waals surface area (Å²) in [6, 6.07) is 9.86. The van der Waals surface area contributed by atoms with E-state index in [1.54, 1.807) is 18.9 Å². The second-order valence-electron chi connectivity index (χ2n) is 3.86. The number of rotatable bonds is 5. The smallest absolute Gasteiger partial charge is 0.132 e. The lowest BCUT2D eigenvalue weighted by molar-refractivity contribution is 0.405. The van der Waals surface area contributed by atoms with Crippen molar-refractivity contribution < 1.29 is 4.74 Å². The molecule has 0 saturated heterocycles. The van der Waals surface area contributed by atoms with E-state index < -0.39 is 0 Å². The standard InChI is InChI=1S/C14H17N3OS/c1-4-12-16-13(15-2)9-14(17-12)19-11-8-6-5-7-10(11)18-3/h5-9H,4H2,1-3H3,(H,15,16,17). The van der Waals surface area contributed by atoms with Gasteiger partial charge in [-0.15, -0.1) is 0 Å². The van der Waals surface area contributed by atoms with E-state index in [0.717, 1.165) is 33.7 Å². The topological polar surface area (TPSA) is 47.0 Å². The predicted octanol–water partition coefficient (Wildman–Crippen LogP) is 3.24. The zero-order valence-electron chi connectivity index (χ0n) is 11.3. The molecule has 0 atom stereocenters. The molecule has 4 nitrogen and oxygen atoms in total. The largest absolute Gasteiger partial charge is 0.496 e. The van der Waals surface area contributed by atoms with Gasteiger partial charge in [-0.3, -0.25) is 0 Å². The highest BCUT2D eigenvalue weighted by Gasteiger charge is 2.08. The number of hydrogen-bond acceptors (Lipinski definition) is 5. The molecule has 1 aromatic carbocycles. The quantitative estimate of drug-likeness (QED) is 0.849. The van der Waals surface area contributed by atoms with E-state index in [4.69, 9.17) is 4.74 Å². The number of aryl methyl sites for hydroxylation is 1. The fourth-order valence-electron chi connectivity index (χ4n) is 1.63. The first-order valence-electron chi connectivity index (χ1n) is 6.13. The van der Waals surface area contributed by atoms with Gasteiger partial charge in [-0.05, 0) is 12.1 Å². The van der Waals surface area contributed by atoms with Crippen molar-refractivity contribution in [1.29, 1.82) is 0 Å². The summed E-state index contributed by atoms with van der Waals surface area (Å²) in [5, 5.41) is 3.98. The summed E-state index contributed by atoms with van der Waals surface area (Å²) >= 11 is 1.58. The molecule has 0 aliphatic rings. The SMILES string of the molecule is CCc1nc(NC)cc(Sc2ccccc2OC)n1. The van der Waals surface area contributed by atoms with E-state index >= 15 is 0 Å². The van der Waals surface area contributed by atoms with Crippen LogP contribution in [0.1, 0.15) is 12.7 Å². The number of anilines is 1. The Bertz CT molecular complexity index is 538. The lowest BCUT2D eigenvalue weighted by Crippen LogP contribution is -2.00. The Kier molecular flexibility index (Phi) is 4.63. The van der Waals surface area contributed by atoms with Crippen LogP contribution in [0.25, 0.3) is 0 Å². The Labute approximate surface area is 117 Å². The van der Waals surface area contributed by atoms with Crippen LogP contribution in [-0.2, 0) is 6.42 Å². The summed E-state index contributed by atoms with van der Waals surface area (Å²) < 4.78 is 5.35. The van der Waals surface area contributed by atoms with Gasteiger partial charge in [0.2, 0.25) is 0 Å². The average molecular weight is 275 g/mol. The fraction of sp³-hybridized carbons (Fsp3) is 0.286. The highest BCUT2D eigenvalue weighted by molar-refractivity contribution is 7.99. The maximum Gasteiger partial charge on any atom is 0.132 e. The number of ether oxygens (including phenoxy) is 1. The number of para-hydroxylation sites is 1. The van der Waals surface area contributed by atoms with Gasteiger partial charge in [-0.25, -0.2) is 9.97 Å². The molecular formula is C14H17N3OS. The molecule has 19 heavy (non-hydrogen) atoms. The third-order valence-electron chi connectivity index (χ3n) is 2.60. The predicted molar refractivity (Wildman–Crippen MR) is 78.1 cm³/mol. The summed E-state index contributed by atoms with van der Waals surface area (Å²) in [6.07, 6.45) is 0.814. The van der Waals surface area contributed by atoms with Crippen molar-refractivity contribution in [1.82, 2.24) is 9.97 Å². The highest BCUT2D eigenvalue weighted by atomic mass is 32.2. The van der Waals surface area contributed by atoms with Crippen molar-refractivity contribution in [3.8, 4) is 5.75 Å². The van der Waals surface area contributed by atoms with Gasteiger partial charge in [0.25, 0.3) is 0 Å². The average Bonchev–Trinajstić information content (AvgIpc) is 2.47. The summed E-state index contributed by atoms with van der Waals surface area (Å²) in [5.74, 6) is 2.53. The summed E-state index contributed by atoms with van der Waals surface area (Å²) in [6.45, 7) is 2.05. The Hall–Kier alpha value is -1.75. The summed E-state index contributed by atoms with van der Waals surface area (Å²) in [5.41, 5.74) is 0. The molecule has 2 rings (SSSR count). The molecule has 0 radical (unpaired) electrons. The summed E-state index contributed by atoms with van der Waals surface area (Å²) in [4.78, 5) is 9.96. The van der Waals surface area contributed by atoms with Crippen LogP contribution in [0.5, 0.6) is 5.75 Å². The van der Waals surface area contributed by atoms with Crippen LogP contribution in [0, 0.1) is 0 Å². The molecule has 1 N–H and O–H groups in total. The third-order valence-corrected chi connectivity index (χ3v) is 3.58. The minimum atomic E-state index is 0.814. The molecule has 0 fully saturated rings. The molecule has 1 heterocycles. The second-order valence-corrected chi connectivity index (χ2v) is 4.93. The summed E-state index contributed by atoms with van der Waals surface area (Å²) in [7, 11) is 3.54. The van der Waals surface area contributed by atoms with Crippen LogP contribution in [0.4, 0.5) is 5.82 Å². The maximum absolute atomic E-state index is 5.35. The first-order valence-corrected chi connectivity index (χ1v) is 6.95. The zero-order valence-corrected chi connectivity index (χ0v) is 12.1. The first-order chi connectivity index (χ1) is 9.26. The van der Waals surface area contributed by atoms with Gasteiger partial charge >= 0.3 is 0 Å². The molecule has 1 aromatic heterocycles. The zero-order chi connectivity index (χ0) is 13.7. The second kappa shape index (κ2) is 6.43. The Morgan fingerprint density at radius 3 is 2.74 bits per heavy atom. The highest BCUT2D eigenvalue weighted by Crippen LogP contribution is 2.34. The minimum absolute atomic E-state index is 0.814. The molecule has 0 unspecified atom stereocenters. The van der Waals surface area contributed by atoms with Gasteiger partial charge < -0.3 is 10.1 Å². The van der Waals surface area contributed by atoms with Gasteiger partial charge in [0.05, 0.1) is 12.0 Å². The molecule has 0 aliphatic heterocycles. The third kappa shape index (κ3) is 3.38. The van der Waals surface area contributed by atoms with Crippen molar-refractivity contribution in [2.24, 2.45) is 0 Å². The lowest BCUT2D eigenvalue weighted by Gasteiger charge is -2.09. The fourth-order valence-corrected chi connectivity index (χ4v) is 2.57. The molecule has 5 heteroatoms. The van der Waals surface area contributed by atoms with E-state index in [1.807, 2.05) is 44.3 Å². The minimum Gasteiger partial charge on any atom is -0.496 e. The molecule has 0 spiro atoms. The van der Waals surface area contributed by atoms with E-state index in [9.17, 15) is 0 Å². The Morgan fingerprint density at radius 2 is 2.05 bits per heavy atom. The molecular weight excluding hydrogens is 258 g/mol. The van der Waals surface area contributed by atoms with Crippen molar-refractivity contribution in [3.05, 3.63) is 36.2 Å². The van der Waals surface area contributed by atoms with E-state index in [1.165, 1.54) is 0 Å². The van der Waals surface area contributed by atoms with Gasteiger partial charge in [-0.2, -0.15) is 0 Å². The Balaban J connectivity index is 2.32. The maximum atomic E-state index is 5.35. The number of methoxy groups -OCH3 is 1. The van der Waals surface area contributed by atoms with Crippen molar-refractivity contribution >= 4 is 17.6 Å². The van der Waals surface area contributed by atoms with Crippen LogP contribution < -0.4 is 10.1 Å². The molecule has 0 aliphatic carbocycles. The van der Waals surface area contributed by atoms with Crippen LogP contribution in [0.15, 0.2) is 40.3 Å². The number of nitrogens with zero attached hydrogens (tertiary/aromatic N) is 2. The van der Waals surface area contributed by atoms with Crippen molar-refractivity contribution in [2.45, 2.75) is 23.3 Å². The van der Waals surface area contributed by atoms with Crippen molar-refractivity contribution in [2.75, 3.05) is 19.5 Å². The molecule has 0 bridgehead atoms. The molecule has 100 valence electrons. The van der Waals surface area contributed by atoms with Crippen molar-refractivity contribution in [3.63, 3.8) is 0 Å². The Morgan fingerprint density at radius 1 is 1.26 bits per heavy atom. The van der Waals surface area contributed by atoms with E-state index in [-0.39, 0.29) is 0 Å². The number of nitrogens with one attached hydrogen (secondary N) is 1. The number of hydrogen-bond donors (Lipinski definition) is 1. The van der Waals surface area contributed by atoms with Gasteiger partial charge in [0.1, 0.15) is 22.4 Å². The normalized spacial score (nSPS) is 10.3. The van der Waals surface area contributed by atoms with Crippen LogP contribution >= 0.6 is 11.8 Å². The first kappa shape index (κ1) is 13.7. The van der Waals surface area contributed by atoms with E-state index in [0.29, 0.717) is 0 Å². The van der Waals surface area contributed by atoms with Crippen LogP contribution in [-0.4, -0.2) is 24.1 Å².